The lowest BCUT2D eigenvalue weighted by Crippen LogP contribution is -2.23. The predicted molar refractivity (Wildman–Crippen MR) is 50.6 cm³/mol. The van der Waals surface area contributed by atoms with Crippen LogP contribution in [0.4, 0.5) is 0 Å². The monoisotopic (exact) mass is 175 g/mol. The van der Waals surface area contributed by atoms with Gasteiger partial charge in [0.05, 0.1) is 5.69 Å². The van der Waals surface area contributed by atoms with E-state index < -0.39 is 0 Å². The minimum Gasteiger partial charge on any atom is -0.321 e. The van der Waals surface area contributed by atoms with Crippen molar-refractivity contribution in [1.29, 1.82) is 0 Å². The van der Waals surface area contributed by atoms with Gasteiger partial charge in [0.2, 0.25) is 0 Å². The lowest BCUT2D eigenvalue weighted by atomic mass is 10.2. The topological polar surface area (TPSA) is 63.8 Å². The van der Waals surface area contributed by atoms with E-state index in [1.54, 1.807) is 0 Å². The van der Waals surface area contributed by atoms with Gasteiger partial charge >= 0.3 is 0 Å². The molecule has 0 aliphatic carbocycles. The van der Waals surface area contributed by atoms with E-state index >= 15 is 0 Å². The Kier molecular flexibility index (Phi) is 1.66. The van der Waals surface area contributed by atoms with Crippen LogP contribution in [0.1, 0.15) is 0 Å². The summed E-state index contributed by atoms with van der Waals surface area (Å²) >= 11 is 0. The molecule has 0 saturated carbocycles. The van der Waals surface area contributed by atoms with Crippen molar-refractivity contribution < 1.29 is 0 Å². The summed E-state index contributed by atoms with van der Waals surface area (Å²) in [6.45, 7) is 0. The number of nitrogens with one attached hydrogen (secondary N) is 1. The first-order chi connectivity index (χ1) is 6.27. The number of hydrogen-bond acceptors (Lipinski definition) is 2. The fourth-order valence-corrected chi connectivity index (χ4v) is 1.18. The molecule has 0 spiro atoms. The maximum atomic E-state index is 11.0. The molecule has 13 heavy (non-hydrogen) atoms. The van der Waals surface area contributed by atoms with Gasteiger partial charge in [-0.25, -0.2) is 0 Å². The molecule has 0 amide bonds. The third kappa shape index (κ3) is 1.33. The van der Waals surface area contributed by atoms with Gasteiger partial charge in [-0.1, -0.05) is 30.3 Å². The normalized spacial score (nSPS) is 10.2. The molecule has 1 aromatic carbocycles. The zero-order chi connectivity index (χ0) is 9.26. The van der Waals surface area contributed by atoms with Crippen LogP contribution in [0.15, 0.2) is 41.2 Å². The maximum Gasteiger partial charge on any atom is 0.286 e. The van der Waals surface area contributed by atoms with E-state index in [4.69, 9.17) is 5.84 Å². The summed E-state index contributed by atoms with van der Waals surface area (Å²) in [5.74, 6) is 5.33. The Bertz CT molecular complexity index is 455. The van der Waals surface area contributed by atoms with E-state index in [1.807, 2.05) is 30.3 Å². The van der Waals surface area contributed by atoms with Gasteiger partial charge in [-0.05, 0) is 5.56 Å². The van der Waals surface area contributed by atoms with Gasteiger partial charge in [-0.15, -0.1) is 0 Å². The zero-order valence-electron chi connectivity index (χ0n) is 6.90. The summed E-state index contributed by atoms with van der Waals surface area (Å²) in [6.07, 6.45) is 0. The van der Waals surface area contributed by atoms with E-state index in [-0.39, 0.29) is 5.56 Å². The van der Waals surface area contributed by atoms with Gasteiger partial charge in [0.25, 0.3) is 5.56 Å². The quantitative estimate of drug-likeness (QED) is 0.622. The van der Waals surface area contributed by atoms with Crippen LogP contribution in [0, 0.1) is 0 Å². The smallest absolute Gasteiger partial charge is 0.286 e. The van der Waals surface area contributed by atoms with Crippen molar-refractivity contribution in [2.45, 2.75) is 0 Å². The predicted octanol–water partition coefficient (Wildman–Crippen LogP) is 0.557. The number of aromatic nitrogens is 2. The van der Waals surface area contributed by atoms with Crippen LogP contribution in [0.25, 0.3) is 11.3 Å². The molecule has 0 saturated heterocycles. The molecule has 2 aromatic rings. The molecule has 0 atom stereocenters. The Morgan fingerprint density at radius 3 is 2.46 bits per heavy atom. The minimum atomic E-state index is -0.237. The highest BCUT2D eigenvalue weighted by Crippen LogP contribution is 2.12. The summed E-state index contributed by atoms with van der Waals surface area (Å²) in [5, 5.41) is 2.74. The molecule has 0 unspecified atom stereocenters. The van der Waals surface area contributed by atoms with Gasteiger partial charge in [-0.3, -0.25) is 9.89 Å². The molecule has 0 radical (unpaired) electrons. The molecule has 66 valence electrons. The second-order valence-corrected chi connectivity index (χ2v) is 2.74. The molecule has 2 rings (SSSR count). The number of rotatable bonds is 1. The van der Waals surface area contributed by atoms with Crippen LogP contribution in [-0.4, -0.2) is 9.89 Å². The number of nitrogens with zero attached hydrogens (tertiary/aromatic N) is 1. The fraction of sp³-hybridized carbons (Fsp3) is 0. The maximum absolute atomic E-state index is 11.0. The number of nitrogens with two attached hydrogens (primary N) is 1. The van der Waals surface area contributed by atoms with Crippen LogP contribution < -0.4 is 11.4 Å². The minimum absolute atomic E-state index is 0.237. The molecule has 0 bridgehead atoms. The summed E-state index contributed by atoms with van der Waals surface area (Å²) in [7, 11) is 0. The Labute approximate surface area is 74.6 Å². The van der Waals surface area contributed by atoms with Gasteiger partial charge in [0.1, 0.15) is 0 Å². The van der Waals surface area contributed by atoms with Crippen molar-refractivity contribution in [1.82, 2.24) is 9.89 Å². The summed E-state index contributed by atoms with van der Waals surface area (Å²) in [4.78, 5) is 12.0. The highest BCUT2D eigenvalue weighted by Gasteiger charge is 2.01. The molecule has 1 heterocycles. The Morgan fingerprint density at radius 2 is 1.92 bits per heavy atom. The summed E-state index contributed by atoms with van der Waals surface area (Å²) < 4.78 is 0. The Hall–Kier alpha value is -1.97. The second-order valence-electron chi connectivity index (χ2n) is 2.74. The van der Waals surface area contributed by atoms with E-state index in [0.717, 1.165) is 16.0 Å². The first kappa shape index (κ1) is 7.67. The van der Waals surface area contributed by atoms with Crippen LogP contribution >= 0.6 is 0 Å². The number of H-pyrrole nitrogens is 1. The van der Waals surface area contributed by atoms with Crippen LogP contribution in [0.2, 0.25) is 0 Å². The highest BCUT2D eigenvalue weighted by atomic mass is 16.1. The lowest BCUT2D eigenvalue weighted by molar-refractivity contribution is 0.805. The molecule has 4 heteroatoms. The Balaban J connectivity index is 2.54. The largest absolute Gasteiger partial charge is 0.321 e. The van der Waals surface area contributed by atoms with Gasteiger partial charge in [0.15, 0.2) is 0 Å². The van der Waals surface area contributed by atoms with Crippen LogP contribution in [0.3, 0.4) is 0 Å². The highest BCUT2D eigenvalue weighted by molar-refractivity contribution is 5.57. The molecular weight excluding hydrogens is 166 g/mol. The SMILES string of the molecule is Nn1[nH]c(-c2ccccc2)cc1=O. The third-order valence-electron chi connectivity index (χ3n) is 1.83. The zero-order valence-corrected chi connectivity index (χ0v) is 6.90. The van der Waals surface area contributed by atoms with E-state index in [2.05, 4.69) is 5.10 Å². The number of nitrogen functional groups attached to an aromatic ring is 1. The van der Waals surface area contributed by atoms with E-state index in [9.17, 15) is 4.79 Å². The molecule has 4 nitrogen and oxygen atoms in total. The number of aromatic amines is 1. The van der Waals surface area contributed by atoms with Crippen molar-refractivity contribution in [3.05, 3.63) is 46.8 Å². The average Bonchev–Trinajstić information content (AvgIpc) is 2.49. The summed E-state index contributed by atoms with van der Waals surface area (Å²) in [5.41, 5.74) is 1.44. The molecule has 0 aliphatic heterocycles. The van der Waals surface area contributed by atoms with Crippen molar-refractivity contribution in [2.24, 2.45) is 0 Å². The molecule has 1 aromatic heterocycles. The average molecular weight is 175 g/mol. The molecule has 3 N–H and O–H groups in total. The lowest BCUT2D eigenvalue weighted by Gasteiger charge is -1.95. The van der Waals surface area contributed by atoms with Gasteiger partial charge in [-0.2, -0.15) is 4.79 Å². The van der Waals surface area contributed by atoms with Crippen LogP contribution in [0.5, 0.6) is 0 Å². The van der Waals surface area contributed by atoms with Crippen LogP contribution in [-0.2, 0) is 0 Å². The van der Waals surface area contributed by atoms with Crippen molar-refractivity contribution in [3.63, 3.8) is 0 Å². The van der Waals surface area contributed by atoms with E-state index in [0.29, 0.717) is 0 Å². The van der Waals surface area contributed by atoms with Crippen molar-refractivity contribution in [2.75, 3.05) is 5.84 Å². The first-order valence-electron chi connectivity index (χ1n) is 3.90. The fourth-order valence-electron chi connectivity index (χ4n) is 1.18. The van der Waals surface area contributed by atoms with Crippen molar-refractivity contribution >= 4 is 0 Å². The van der Waals surface area contributed by atoms with Gasteiger partial charge < -0.3 is 5.84 Å². The number of hydrogen-bond donors (Lipinski definition) is 2. The van der Waals surface area contributed by atoms with E-state index in [1.165, 1.54) is 6.07 Å². The standard InChI is InChI=1S/C9H9N3O/c10-12-9(13)6-8(11-12)7-4-2-1-3-5-7/h1-6,11H,10H2. The third-order valence-corrected chi connectivity index (χ3v) is 1.83. The Morgan fingerprint density at radius 1 is 1.23 bits per heavy atom. The molecular formula is C9H9N3O. The van der Waals surface area contributed by atoms with Crippen molar-refractivity contribution in [3.8, 4) is 11.3 Å². The first-order valence-corrected chi connectivity index (χ1v) is 3.90. The molecule has 0 aliphatic rings. The van der Waals surface area contributed by atoms with Gasteiger partial charge in [0, 0.05) is 6.07 Å². The summed E-state index contributed by atoms with van der Waals surface area (Å²) in [6, 6.07) is 11.0. The number of benzene rings is 1. The second kappa shape index (κ2) is 2.82. The molecule has 0 fully saturated rings.